The predicted molar refractivity (Wildman–Crippen MR) is 85.4 cm³/mol. The normalized spacial score (nSPS) is 9.81. The van der Waals surface area contributed by atoms with E-state index in [-0.39, 0.29) is 18.2 Å². The highest BCUT2D eigenvalue weighted by Crippen LogP contribution is 2.35. The Morgan fingerprint density at radius 3 is 1.95 bits per heavy atom. The van der Waals surface area contributed by atoms with Crippen LogP contribution in [-0.2, 0) is 0 Å². The van der Waals surface area contributed by atoms with Crippen LogP contribution in [0.5, 0.6) is 17.2 Å². The van der Waals surface area contributed by atoms with E-state index < -0.39 is 0 Å². The first-order valence-electron chi connectivity index (χ1n) is 6.11. The van der Waals surface area contributed by atoms with Gasteiger partial charge in [0.05, 0.1) is 26.9 Å². The smallest absolute Gasteiger partial charge is 0.193 e. The van der Waals surface area contributed by atoms with Gasteiger partial charge >= 0.3 is 0 Å². The third kappa shape index (κ3) is 4.65. The molecular weight excluding hydrogens is 294 g/mol. The number of ketones is 1. The van der Waals surface area contributed by atoms with Crippen LogP contribution in [0.2, 0.25) is 0 Å². The Kier molecular flexibility index (Phi) is 7.84. The number of carbonyl (C=O) groups is 1. The van der Waals surface area contributed by atoms with Crippen LogP contribution >= 0.6 is 12.4 Å². The summed E-state index contributed by atoms with van der Waals surface area (Å²) in [5.74, 6) is 1.26. The number of hydrogen-bond acceptors (Lipinski definition) is 5. The lowest BCUT2D eigenvalue weighted by Gasteiger charge is -2.15. The fourth-order valence-corrected chi connectivity index (χ4v) is 1.85. The Morgan fingerprint density at radius 2 is 1.52 bits per heavy atom. The fraction of sp³-hybridized carbons (Fsp3) is 0.400. The van der Waals surface area contributed by atoms with Crippen molar-refractivity contribution < 1.29 is 19.0 Å². The Morgan fingerprint density at radius 1 is 1.05 bits per heavy atom. The largest absolute Gasteiger partial charge is 0.496 e. The van der Waals surface area contributed by atoms with Crippen LogP contribution in [-0.4, -0.2) is 52.7 Å². The summed E-state index contributed by atoms with van der Waals surface area (Å²) in [5.41, 5.74) is 0.900. The highest BCUT2D eigenvalue weighted by atomic mass is 35.5. The number of hydrogen-bond donors (Lipinski definition) is 0. The van der Waals surface area contributed by atoms with E-state index in [4.69, 9.17) is 14.2 Å². The van der Waals surface area contributed by atoms with Crippen LogP contribution in [0.3, 0.4) is 0 Å². The van der Waals surface area contributed by atoms with Gasteiger partial charge in [0.25, 0.3) is 0 Å². The molecule has 0 aromatic heterocycles. The molecule has 0 atom stereocenters. The van der Waals surface area contributed by atoms with Crippen molar-refractivity contribution in [1.82, 2.24) is 4.90 Å². The van der Waals surface area contributed by atoms with E-state index >= 15 is 0 Å². The number of halogens is 1. The van der Waals surface area contributed by atoms with Crippen LogP contribution < -0.4 is 14.2 Å². The topological polar surface area (TPSA) is 48.0 Å². The first-order valence-corrected chi connectivity index (χ1v) is 6.11. The molecule has 0 aliphatic rings. The van der Waals surface area contributed by atoms with Crippen molar-refractivity contribution in [3.8, 4) is 17.2 Å². The highest BCUT2D eigenvalue weighted by Gasteiger charge is 2.19. The van der Waals surface area contributed by atoms with E-state index in [0.717, 1.165) is 0 Å². The summed E-state index contributed by atoms with van der Waals surface area (Å²) >= 11 is 0. The quantitative estimate of drug-likeness (QED) is 0.571. The van der Waals surface area contributed by atoms with Crippen molar-refractivity contribution in [2.75, 3.05) is 42.0 Å². The zero-order valence-corrected chi connectivity index (χ0v) is 13.9. The van der Waals surface area contributed by atoms with Gasteiger partial charge in [0.2, 0.25) is 0 Å². The van der Waals surface area contributed by atoms with Gasteiger partial charge < -0.3 is 19.1 Å². The molecule has 0 aliphatic carbocycles. The maximum atomic E-state index is 12.4. The first kappa shape index (κ1) is 19.3. The highest BCUT2D eigenvalue weighted by molar-refractivity contribution is 6.10. The summed E-state index contributed by atoms with van der Waals surface area (Å²) < 4.78 is 15.7. The van der Waals surface area contributed by atoms with E-state index in [1.165, 1.54) is 21.3 Å². The number of ether oxygens (including phenoxy) is 3. The van der Waals surface area contributed by atoms with E-state index in [1.807, 2.05) is 19.0 Å². The van der Waals surface area contributed by atoms with Crippen molar-refractivity contribution in [1.29, 1.82) is 0 Å². The third-order valence-electron chi connectivity index (χ3n) is 2.78. The molecule has 0 unspecified atom stereocenters. The molecule has 0 N–H and O–H groups in total. The van der Waals surface area contributed by atoms with Gasteiger partial charge in [-0.25, -0.2) is 0 Å². The Bertz CT molecular complexity index is 515. The zero-order valence-electron chi connectivity index (χ0n) is 13.1. The minimum absolute atomic E-state index is 0. The Labute approximate surface area is 131 Å². The number of likely N-dealkylation sites (N-methyl/N-ethyl adjacent to an activating group) is 1. The maximum absolute atomic E-state index is 12.4. The van der Waals surface area contributed by atoms with Crippen molar-refractivity contribution in [3.63, 3.8) is 0 Å². The van der Waals surface area contributed by atoms with Crippen molar-refractivity contribution in [3.05, 3.63) is 29.8 Å². The Balaban J connectivity index is 0.00000400. The third-order valence-corrected chi connectivity index (χ3v) is 2.78. The number of methoxy groups -OCH3 is 3. The van der Waals surface area contributed by atoms with Crippen molar-refractivity contribution in [2.45, 2.75) is 0 Å². The number of nitrogens with zero attached hydrogens (tertiary/aromatic N) is 1. The SMILES string of the molecule is C=C(CN(C)C)C(=O)c1cc(OC)c(OC)cc1OC.Cl. The van der Waals surface area contributed by atoms with Crippen LogP contribution in [0, 0.1) is 0 Å². The second kappa shape index (κ2) is 8.54. The zero-order chi connectivity index (χ0) is 15.3. The maximum Gasteiger partial charge on any atom is 0.193 e. The van der Waals surface area contributed by atoms with Gasteiger partial charge in [-0.3, -0.25) is 4.79 Å². The molecule has 0 heterocycles. The molecule has 1 aromatic carbocycles. The van der Waals surface area contributed by atoms with Gasteiger partial charge in [0.15, 0.2) is 17.3 Å². The molecular formula is C15H22ClNO4. The van der Waals surface area contributed by atoms with Gasteiger partial charge in [-0.1, -0.05) is 6.58 Å². The van der Waals surface area contributed by atoms with E-state index in [9.17, 15) is 4.79 Å². The molecule has 1 rings (SSSR count). The van der Waals surface area contributed by atoms with Gasteiger partial charge in [-0.2, -0.15) is 0 Å². The minimum atomic E-state index is -0.170. The summed E-state index contributed by atoms with van der Waals surface area (Å²) in [6.45, 7) is 4.31. The predicted octanol–water partition coefficient (Wildman–Crippen LogP) is 2.43. The van der Waals surface area contributed by atoms with E-state index in [1.54, 1.807) is 12.1 Å². The molecule has 0 aliphatic heterocycles. The lowest BCUT2D eigenvalue weighted by molar-refractivity contribution is 0.102. The Hall–Kier alpha value is -1.72. The number of Topliss-reactive ketones (excluding diaryl/α,β-unsaturated/α-hetero) is 1. The summed E-state index contributed by atoms with van der Waals surface area (Å²) in [7, 11) is 8.32. The van der Waals surface area contributed by atoms with Crippen molar-refractivity contribution >= 4 is 18.2 Å². The standard InChI is InChI=1S/C15H21NO4.ClH/c1-10(9-16(2)3)15(17)11-7-13(19-5)14(20-6)8-12(11)18-4;/h7-8H,1,9H2,2-6H3;1H. The molecule has 6 heteroatoms. The summed E-state index contributed by atoms with van der Waals surface area (Å²) in [6, 6.07) is 3.25. The second-order valence-electron chi connectivity index (χ2n) is 4.58. The number of rotatable bonds is 7. The summed E-state index contributed by atoms with van der Waals surface area (Å²) in [6.07, 6.45) is 0. The van der Waals surface area contributed by atoms with Crippen LogP contribution in [0.15, 0.2) is 24.3 Å². The monoisotopic (exact) mass is 315 g/mol. The van der Waals surface area contributed by atoms with Crippen LogP contribution in [0.25, 0.3) is 0 Å². The number of carbonyl (C=O) groups excluding carboxylic acids is 1. The van der Waals surface area contributed by atoms with E-state index in [0.29, 0.717) is 34.9 Å². The van der Waals surface area contributed by atoms with Crippen LogP contribution in [0.4, 0.5) is 0 Å². The molecule has 21 heavy (non-hydrogen) atoms. The molecule has 0 amide bonds. The van der Waals surface area contributed by atoms with Gasteiger partial charge in [-0.15, -0.1) is 12.4 Å². The summed E-state index contributed by atoms with van der Waals surface area (Å²) in [4.78, 5) is 14.3. The lowest BCUT2D eigenvalue weighted by Crippen LogP contribution is -2.19. The molecule has 5 nitrogen and oxygen atoms in total. The molecule has 0 saturated carbocycles. The van der Waals surface area contributed by atoms with Crippen LogP contribution in [0.1, 0.15) is 10.4 Å². The lowest BCUT2D eigenvalue weighted by atomic mass is 10.0. The van der Waals surface area contributed by atoms with Crippen molar-refractivity contribution in [2.24, 2.45) is 0 Å². The fourth-order valence-electron chi connectivity index (χ4n) is 1.85. The van der Waals surface area contributed by atoms with Gasteiger partial charge in [-0.05, 0) is 20.2 Å². The average Bonchev–Trinajstić information content (AvgIpc) is 2.44. The summed E-state index contributed by atoms with van der Waals surface area (Å²) in [5, 5.41) is 0. The second-order valence-corrected chi connectivity index (χ2v) is 4.58. The molecule has 0 spiro atoms. The van der Waals surface area contributed by atoms with Gasteiger partial charge in [0.1, 0.15) is 5.75 Å². The van der Waals surface area contributed by atoms with Gasteiger partial charge in [0, 0.05) is 18.2 Å². The molecule has 0 bridgehead atoms. The minimum Gasteiger partial charge on any atom is -0.496 e. The molecule has 1 aromatic rings. The molecule has 118 valence electrons. The first-order chi connectivity index (χ1) is 9.44. The average molecular weight is 316 g/mol. The number of benzene rings is 1. The van der Waals surface area contributed by atoms with E-state index in [2.05, 4.69) is 6.58 Å². The molecule has 0 radical (unpaired) electrons. The molecule has 0 saturated heterocycles. The molecule has 0 fully saturated rings.